The number of fused-ring (bicyclic) bond motifs is 2. The van der Waals surface area contributed by atoms with Gasteiger partial charge in [-0.2, -0.15) is 0 Å². The molecule has 0 radical (unpaired) electrons. The lowest BCUT2D eigenvalue weighted by Gasteiger charge is -2.52. The third-order valence-electron chi connectivity index (χ3n) is 5.48. The van der Waals surface area contributed by atoms with Crippen molar-refractivity contribution < 1.29 is 23.0 Å². The van der Waals surface area contributed by atoms with E-state index in [1.807, 2.05) is 0 Å². The molecule has 2 aliphatic rings. The minimum atomic E-state index is -0.823. The fraction of sp³-hybridized carbons (Fsp3) is 0.250. The quantitative estimate of drug-likeness (QED) is 0.499. The zero-order valence-corrected chi connectivity index (χ0v) is 16.3. The highest BCUT2D eigenvalue weighted by molar-refractivity contribution is 5.78. The molecule has 2 aromatic rings. The normalized spacial score (nSPS) is 17.4. The number of carbonyl (C=O) groups is 1. The first-order valence-electron chi connectivity index (χ1n) is 9.46. The van der Waals surface area contributed by atoms with Gasteiger partial charge in [0.1, 0.15) is 5.75 Å². The summed E-state index contributed by atoms with van der Waals surface area (Å²) in [5, 5.41) is 0. The van der Waals surface area contributed by atoms with E-state index in [1.54, 1.807) is 0 Å². The summed E-state index contributed by atoms with van der Waals surface area (Å²) in [7, 11) is 0. The standard InChI is InChI=1S/C20H20F2N6O3/c21-13-8-12-14(9-15(13)30-18(25)27-7-5-23)31-19(29)28(20(12)3-1-4-20)10-11-2-6-26-17(24)16(11)22/h2,5-9H,1,3-4,10,23H2,(H2,24,26)(H2,25,27)/b7-5-. The van der Waals surface area contributed by atoms with Crippen LogP contribution in [0, 0.1) is 11.6 Å². The van der Waals surface area contributed by atoms with Crippen LogP contribution in [-0.4, -0.2) is 22.0 Å². The number of benzene rings is 1. The van der Waals surface area contributed by atoms with Gasteiger partial charge in [-0.3, -0.25) is 4.90 Å². The Bertz CT molecular complexity index is 1100. The van der Waals surface area contributed by atoms with Crippen LogP contribution in [0.2, 0.25) is 0 Å². The van der Waals surface area contributed by atoms with E-state index < -0.39 is 23.3 Å². The number of aromatic nitrogens is 1. The van der Waals surface area contributed by atoms with Crippen LogP contribution in [0.5, 0.6) is 11.5 Å². The highest BCUT2D eigenvalue weighted by atomic mass is 19.1. The van der Waals surface area contributed by atoms with Crippen molar-refractivity contribution in [1.82, 2.24) is 9.88 Å². The maximum atomic E-state index is 14.8. The predicted molar refractivity (Wildman–Crippen MR) is 108 cm³/mol. The highest BCUT2D eigenvalue weighted by Crippen LogP contribution is 2.53. The number of nitrogen functional groups attached to an aromatic ring is 1. The van der Waals surface area contributed by atoms with Gasteiger partial charge in [0.25, 0.3) is 6.02 Å². The van der Waals surface area contributed by atoms with Crippen LogP contribution in [0.25, 0.3) is 0 Å². The number of pyridine rings is 1. The highest BCUT2D eigenvalue weighted by Gasteiger charge is 2.52. The van der Waals surface area contributed by atoms with Gasteiger partial charge < -0.3 is 26.7 Å². The molecule has 1 aliphatic carbocycles. The number of hydrogen-bond donors (Lipinski definition) is 3. The fourth-order valence-electron chi connectivity index (χ4n) is 3.85. The largest absolute Gasteiger partial charge is 0.423 e. The molecule has 0 bridgehead atoms. The van der Waals surface area contributed by atoms with Crippen LogP contribution in [0.3, 0.4) is 0 Å². The molecule has 1 saturated carbocycles. The summed E-state index contributed by atoms with van der Waals surface area (Å²) in [5.74, 6) is -1.78. The van der Waals surface area contributed by atoms with E-state index in [-0.39, 0.29) is 35.4 Å². The molecule has 6 N–H and O–H groups in total. The number of ether oxygens (including phenoxy) is 2. The van der Waals surface area contributed by atoms with Gasteiger partial charge in [-0.25, -0.2) is 23.6 Å². The van der Waals surface area contributed by atoms with E-state index in [1.165, 1.54) is 35.5 Å². The van der Waals surface area contributed by atoms with Gasteiger partial charge in [0, 0.05) is 35.8 Å². The number of carbonyl (C=O) groups excluding carboxylic acids is 1. The Hall–Kier alpha value is -3.89. The Morgan fingerprint density at radius 3 is 2.84 bits per heavy atom. The molecule has 0 atom stereocenters. The monoisotopic (exact) mass is 430 g/mol. The fourth-order valence-corrected chi connectivity index (χ4v) is 3.85. The number of amides is 1. The number of nitrogens with two attached hydrogens (primary N) is 3. The Morgan fingerprint density at radius 2 is 2.16 bits per heavy atom. The van der Waals surface area contributed by atoms with Crippen LogP contribution in [0.15, 0.2) is 41.8 Å². The summed E-state index contributed by atoms with van der Waals surface area (Å²) < 4.78 is 39.8. The number of rotatable bonds is 4. The number of nitrogens with zero attached hydrogens (tertiary/aromatic N) is 3. The molecule has 9 nitrogen and oxygen atoms in total. The lowest BCUT2D eigenvalue weighted by Crippen LogP contribution is -2.57. The smallest absolute Gasteiger partial charge is 0.416 e. The van der Waals surface area contributed by atoms with E-state index in [9.17, 15) is 13.6 Å². The SMILES string of the molecule is N/C=C\N=C(N)Oc1cc2c(cc1F)C1(CCC1)N(Cc1ccnc(N)c1F)C(=O)O2. The van der Waals surface area contributed by atoms with Crippen LogP contribution >= 0.6 is 0 Å². The second-order valence-electron chi connectivity index (χ2n) is 7.20. The molecular formula is C20H20F2N6O3. The first-order chi connectivity index (χ1) is 14.9. The second kappa shape index (κ2) is 7.74. The Morgan fingerprint density at radius 1 is 1.39 bits per heavy atom. The molecule has 11 heteroatoms. The molecule has 162 valence electrons. The van der Waals surface area contributed by atoms with Crippen molar-refractivity contribution in [3.8, 4) is 11.5 Å². The summed E-state index contributed by atoms with van der Waals surface area (Å²) >= 11 is 0. The average molecular weight is 430 g/mol. The van der Waals surface area contributed by atoms with E-state index >= 15 is 0 Å². The molecule has 1 spiro atoms. The lowest BCUT2D eigenvalue weighted by atomic mass is 9.69. The topological polar surface area (TPSA) is 142 Å². The van der Waals surface area contributed by atoms with Crippen molar-refractivity contribution in [2.75, 3.05) is 5.73 Å². The van der Waals surface area contributed by atoms with Gasteiger partial charge in [0.2, 0.25) is 0 Å². The number of aliphatic imine (C=N–C) groups is 1. The number of anilines is 1. The summed E-state index contributed by atoms with van der Waals surface area (Å²) in [4.78, 5) is 21.6. The van der Waals surface area contributed by atoms with E-state index in [4.69, 9.17) is 26.7 Å². The molecule has 0 unspecified atom stereocenters. The van der Waals surface area contributed by atoms with Crippen LogP contribution in [-0.2, 0) is 12.1 Å². The maximum Gasteiger partial charge on any atom is 0.416 e. The zero-order chi connectivity index (χ0) is 22.2. The molecule has 1 fully saturated rings. The third-order valence-corrected chi connectivity index (χ3v) is 5.48. The second-order valence-corrected chi connectivity index (χ2v) is 7.20. The van der Waals surface area contributed by atoms with Gasteiger partial charge in [0.05, 0.1) is 12.1 Å². The number of amidine groups is 1. The number of halogens is 2. The third kappa shape index (κ3) is 3.47. The van der Waals surface area contributed by atoms with Crippen molar-refractivity contribution in [2.24, 2.45) is 16.5 Å². The molecular weight excluding hydrogens is 410 g/mol. The van der Waals surface area contributed by atoms with Crippen molar-refractivity contribution in [3.05, 3.63) is 59.6 Å². The van der Waals surface area contributed by atoms with E-state index in [0.717, 1.165) is 12.6 Å². The minimum Gasteiger partial charge on any atom is -0.423 e. The van der Waals surface area contributed by atoms with Crippen molar-refractivity contribution in [3.63, 3.8) is 0 Å². The van der Waals surface area contributed by atoms with E-state index in [0.29, 0.717) is 18.4 Å². The summed E-state index contributed by atoms with van der Waals surface area (Å²) in [6.45, 7) is -0.0955. The van der Waals surface area contributed by atoms with Crippen LogP contribution in [0.1, 0.15) is 30.4 Å². The molecule has 1 aromatic heterocycles. The zero-order valence-electron chi connectivity index (χ0n) is 16.3. The Labute approximate surface area is 176 Å². The van der Waals surface area contributed by atoms with Gasteiger partial charge in [0.15, 0.2) is 23.2 Å². The van der Waals surface area contributed by atoms with Gasteiger partial charge >= 0.3 is 6.09 Å². The van der Waals surface area contributed by atoms with E-state index in [2.05, 4.69) is 9.98 Å². The molecule has 4 rings (SSSR count). The van der Waals surface area contributed by atoms with Crippen molar-refractivity contribution >= 4 is 17.9 Å². The van der Waals surface area contributed by atoms with Crippen molar-refractivity contribution in [2.45, 2.75) is 31.3 Å². The Kier molecular flexibility index (Phi) is 5.09. The summed E-state index contributed by atoms with van der Waals surface area (Å²) in [6, 6.07) is 3.59. The molecule has 2 heterocycles. The first kappa shape index (κ1) is 20.4. The van der Waals surface area contributed by atoms with Crippen molar-refractivity contribution in [1.29, 1.82) is 0 Å². The summed E-state index contributed by atoms with van der Waals surface area (Å²) in [6.07, 6.45) is 4.94. The number of hydrogen-bond acceptors (Lipinski definition) is 7. The minimum absolute atomic E-state index is 0.0955. The molecule has 0 saturated heterocycles. The van der Waals surface area contributed by atoms with Gasteiger partial charge in [-0.1, -0.05) is 0 Å². The first-order valence-corrected chi connectivity index (χ1v) is 9.46. The lowest BCUT2D eigenvalue weighted by molar-refractivity contribution is 0.000818. The molecule has 1 aromatic carbocycles. The predicted octanol–water partition coefficient (Wildman–Crippen LogP) is 2.46. The average Bonchev–Trinajstić information content (AvgIpc) is 2.70. The van der Waals surface area contributed by atoms with Crippen LogP contribution in [0.4, 0.5) is 19.4 Å². The summed E-state index contributed by atoms with van der Waals surface area (Å²) in [5.41, 5.74) is 16.1. The van der Waals surface area contributed by atoms with Gasteiger partial charge in [-0.05, 0) is 31.4 Å². The maximum absolute atomic E-state index is 14.8. The molecule has 31 heavy (non-hydrogen) atoms. The molecule has 1 aliphatic heterocycles. The Balaban J connectivity index is 1.70. The molecule has 1 amide bonds. The van der Waals surface area contributed by atoms with Gasteiger partial charge in [-0.15, -0.1) is 0 Å². The van der Waals surface area contributed by atoms with Crippen LogP contribution < -0.4 is 26.7 Å².